The van der Waals surface area contributed by atoms with Crippen molar-refractivity contribution < 1.29 is 0 Å². The van der Waals surface area contributed by atoms with Gasteiger partial charge in [-0.05, 0) is 50.6 Å². The fraction of sp³-hybridized carbons (Fsp3) is 0.562. The number of nitrogens with zero attached hydrogens (tertiary/aromatic N) is 2. The van der Waals surface area contributed by atoms with Crippen LogP contribution < -0.4 is 5.32 Å². The molecule has 102 valence electrons. The number of nitriles is 1. The second kappa shape index (κ2) is 6.58. The van der Waals surface area contributed by atoms with E-state index in [9.17, 15) is 0 Å². The largest absolute Gasteiger partial charge is 0.384 e. The summed E-state index contributed by atoms with van der Waals surface area (Å²) < 4.78 is 0. The fourth-order valence-electron chi connectivity index (χ4n) is 2.80. The second-order valence-electron chi connectivity index (χ2n) is 5.49. The maximum atomic E-state index is 8.90. The summed E-state index contributed by atoms with van der Waals surface area (Å²) in [6, 6.07) is 8.90. The minimum atomic E-state index is 0.758. The van der Waals surface area contributed by atoms with Gasteiger partial charge in [0.05, 0.1) is 11.6 Å². The molecule has 3 heteroatoms. The molecule has 0 spiro atoms. The molecule has 0 aromatic heterocycles. The number of likely N-dealkylation sites (N-methyl/N-ethyl adjacent to an activating group) is 1. The summed E-state index contributed by atoms with van der Waals surface area (Å²) >= 11 is 0. The molecule has 0 aliphatic heterocycles. The highest BCUT2D eigenvalue weighted by atomic mass is 15.1. The molecule has 1 aromatic carbocycles. The van der Waals surface area contributed by atoms with Gasteiger partial charge in [-0.15, -0.1) is 0 Å². The molecule has 1 saturated carbocycles. The first-order valence-corrected chi connectivity index (χ1v) is 7.15. The Morgan fingerprint density at radius 3 is 2.74 bits per heavy atom. The molecule has 19 heavy (non-hydrogen) atoms. The van der Waals surface area contributed by atoms with Crippen molar-refractivity contribution in [2.75, 3.05) is 25.5 Å². The maximum absolute atomic E-state index is 8.90. The van der Waals surface area contributed by atoms with Crippen molar-refractivity contribution in [1.82, 2.24) is 4.90 Å². The van der Waals surface area contributed by atoms with Gasteiger partial charge in [0.25, 0.3) is 0 Å². The number of hydrogen-bond donors (Lipinski definition) is 1. The lowest BCUT2D eigenvalue weighted by Crippen LogP contribution is -2.33. The van der Waals surface area contributed by atoms with E-state index in [-0.39, 0.29) is 0 Å². The zero-order valence-corrected chi connectivity index (χ0v) is 11.9. The molecule has 2 rings (SSSR count). The van der Waals surface area contributed by atoms with E-state index < -0.39 is 0 Å². The predicted molar refractivity (Wildman–Crippen MR) is 79.3 cm³/mol. The molecule has 1 aliphatic rings. The second-order valence-corrected chi connectivity index (χ2v) is 5.49. The number of nitrogens with one attached hydrogen (secondary N) is 1. The maximum Gasteiger partial charge on any atom is 0.0994 e. The third-order valence-corrected chi connectivity index (χ3v) is 4.09. The molecule has 0 saturated heterocycles. The molecule has 1 fully saturated rings. The Morgan fingerprint density at radius 2 is 2.11 bits per heavy atom. The Morgan fingerprint density at radius 1 is 1.37 bits per heavy atom. The van der Waals surface area contributed by atoms with Gasteiger partial charge in [-0.1, -0.05) is 12.8 Å². The van der Waals surface area contributed by atoms with E-state index in [0.717, 1.165) is 35.9 Å². The highest BCUT2D eigenvalue weighted by Gasteiger charge is 2.18. The van der Waals surface area contributed by atoms with E-state index in [1.54, 1.807) is 0 Å². The zero-order valence-electron chi connectivity index (χ0n) is 11.9. The van der Waals surface area contributed by atoms with E-state index in [4.69, 9.17) is 5.26 Å². The average Bonchev–Trinajstić information content (AvgIpc) is 2.93. The fourth-order valence-corrected chi connectivity index (χ4v) is 2.80. The van der Waals surface area contributed by atoms with Crippen molar-refractivity contribution in [2.24, 2.45) is 0 Å². The van der Waals surface area contributed by atoms with Gasteiger partial charge in [0.2, 0.25) is 0 Å². The summed E-state index contributed by atoms with van der Waals surface area (Å²) in [4.78, 5) is 2.47. The summed E-state index contributed by atoms with van der Waals surface area (Å²) in [7, 11) is 2.22. The van der Waals surface area contributed by atoms with Crippen molar-refractivity contribution in [3.63, 3.8) is 0 Å². The van der Waals surface area contributed by atoms with Crippen LogP contribution >= 0.6 is 0 Å². The Hall–Kier alpha value is -1.53. The zero-order chi connectivity index (χ0) is 13.7. The van der Waals surface area contributed by atoms with E-state index in [2.05, 4.69) is 23.3 Å². The van der Waals surface area contributed by atoms with E-state index in [1.807, 2.05) is 25.1 Å². The summed E-state index contributed by atoms with van der Waals surface area (Å²) in [5.41, 5.74) is 2.90. The molecule has 1 aromatic rings. The van der Waals surface area contributed by atoms with Crippen LogP contribution in [0.2, 0.25) is 0 Å². The molecule has 0 radical (unpaired) electrons. The van der Waals surface area contributed by atoms with Gasteiger partial charge in [0, 0.05) is 24.8 Å². The molecule has 0 atom stereocenters. The highest BCUT2D eigenvalue weighted by Crippen LogP contribution is 2.22. The number of aryl methyl sites for hydroxylation is 1. The first kappa shape index (κ1) is 13.9. The smallest absolute Gasteiger partial charge is 0.0994 e. The summed E-state index contributed by atoms with van der Waals surface area (Å²) in [5, 5.41) is 12.3. The van der Waals surface area contributed by atoms with Crippen molar-refractivity contribution >= 4 is 5.69 Å². The summed E-state index contributed by atoms with van der Waals surface area (Å²) in [5.74, 6) is 0. The van der Waals surface area contributed by atoms with Gasteiger partial charge in [0.1, 0.15) is 0 Å². The van der Waals surface area contributed by atoms with Gasteiger partial charge in [-0.3, -0.25) is 0 Å². The van der Waals surface area contributed by atoms with E-state index >= 15 is 0 Å². The Bertz CT molecular complexity index is 456. The third kappa shape index (κ3) is 3.71. The quantitative estimate of drug-likeness (QED) is 0.880. The van der Waals surface area contributed by atoms with Crippen molar-refractivity contribution in [3.05, 3.63) is 29.3 Å². The minimum absolute atomic E-state index is 0.758. The molecule has 0 bridgehead atoms. The van der Waals surface area contributed by atoms with Crippen LogP contribution in [-0.2, 0) is 0 Å². The molecule has 0 amide bonds. The summed E-state index contributed by atoms with van der Waals surface area (Å²) in [6.45, 7) is 4.01. The van der Waals surface area contributed by atoms with Crippen LogP contribution in [0.3, 0.4) is 0 Å². The lowest BCUT2D eigenvalue weighted by molar-refractivity contribution is 0.254. The van der Waals surface area contributed by atoms with Gasteiger partial charge in [0.15, 0.2) is 0 Å². The molecule has 1 N–H and O–H groups in total. The Balaban J connectivity index is 1.79. The SMILES string of the molecule is Cc1cc(NCCN(C)C2CCCC2)ccc1C#N. The van der Waals surface area contributed by atoms with Crippen LogP contribution in [-0.4, -0.2) is 31.1 Å². The van der Waals surface area contributed by atoms with Crippen LogP contribution in [0, 0.1) is 18.3 Å². The average molecular weight is 257 g/mol. The monoisotopic (exact) mass is 257 g/mol. The van der Waals surface area contributed by atoms with Crippen LogP contribution in [0.15, 0.2) is 18.2 Å². The first-order valence-electron chi connectivity index (χ1n) is 7.15. The van der Waals surface area contributed by atoms with Crippen LogP contribution in [0.1, 0.15) is 36.8 Å². The van der Waals surface area contributed by atoms with E-state index in [0.29, 0.717) is 0 Å². The van der Waals surface area contributed by atoms with Gasteiger partial charge < -0.3 is 10.2 Å². The lowest BCUT2D eigenvalue weighted by Gasteiger charge is -2.24. The number of anilines is 1. The standard InChI is InChI=1S/C16H23N3/c1-13-11-15(8-7-14(13)12-17)18-9-10-19(2)16-5-3-4-6-16/h7-8,11,16,18H,3-6,9-10H2,1-2H3. The van der Waals surface area contributed by atoms with Crippen molar-refractivity contribution in [2.45, 2.75) is 38.6 Å². The molecule has 0 heterocycles. The molecular formula is C16H23N3. The van der Waals surface area contributed by atoms with Crippen LogP contribution in [0.25, 0.3) is 0 Å². The topological polar surface area (TPSA) is 39.1 Å². The first-order chi connectivity index (χ1) is 9.20. The van der Waals surface area contributed by atoms with Gasteiger partial charge in [-0.25, -0.2) is 0 Å². The minimum Gasteiger partial charge on any atom is -0.384 e. The van der Waals surface area contributed by atoms with Gasteiger partial charge in [-0.2, -0.15) is 5.26 Å². The number of benzene rings is 1. The van der Waals surface area contributed by atoms with Crippen molar-refractivity contribution in [1.29, 1.82) is 5.26 Å². The van der Waals surface area contributed by atoms with Crippen LogP contribution in [0.4, 0.5) is 5.69 Å². The molecule has 3 nitrogen and oxygen atoms in total. The normalized spacial score (nSPS) is 15.7. The molecular weight excluding hydrogens is 234 g/mol. The third-order valence-electron chi connectivity index (χ3n) is 4.09. The summed E-state index contributed by atoms with van der Waals surface area (Å²) in [6.07, 6.45) is 5.48. The number of hydrogen-bond acceptors (Lipinski definition) is 3. The van der Waals surface area contributed by atoms with Gasteiger partial charge >= 0.3 is 0 Å². The highest BCUT2D eigenvalue weighted by molar-refractivity contribution is 5.51. The lowest BCUT2D eigenvalue weighted by atomic mass is 10.1. The predicted octanol–water partition coefficient (Wildman–Crippen LogP) is 3.15. The Labute approximate surface area is 116 Å². The number of rotatable bonds is 5. The molecule has 0 unspecified atom stereocenters. The van der Waals surface area contributed by atoms with E-state index in [1.165, 1.54) is 25.7 Å². The molecule has 1 aliphatic carbocycles. The van der Waals surface area contributed by atoms with Crippen molar-refractivity contribution in [3.8, 4) is 6.07 Å². The Kier molecular flexibility index (Phi) is 4.81. The van der Waals surface area contributed by atoms with Crippen LogP contribution in [0.5, 0.6) is 0 Å².